The molecule has 0 bridgehead atoms. The quantitative estimate of drug-likeness (QED) is 0.231. The van der Waals surface area contributed by atoms with E-state index in [1.54, 1.807) is 25.4 Å². The van der Waals surface area contributed by atoms with Crippen molar-refractivity contribution in [1.82, 2.24) is 9.78 Å². The van der Waals surface area contributed by atoms with E-state index in [2.05, 4.69) is 18.9 Å². The molecule has 0 spiro atoms. The van der Waals surface area contributed by atoms with Gasteiger partial charge in [0.1, 0.15) is 5.75 Å². The number of nitro groups is 1. The minimum Gasteiger partial charge on any atom is -0.496 e. The zero-order valence-electron chi connectivity index (χ0n) is 17.1. The molecule has 3 rings (SSSR count). The maximum absolute atomic E-state index is 12.5. The zero-order valence-corrected chi connectivity index (χ0v) is 17.1. The Kier molecular flexibility index (Phi) is 6.41. The van der Waals surface area contributed by atoms with Gasteiger partial charge in [0.05, 0.1) is 31.0 Å². The summed E-state index contributed by atoms with van der Waals surface area (Å²) in [6.45, 7) is 4.53. The van der Waals surface area contributed by atoms with Crippen molar-refractivity contribution < 1.29 is 14.5 Å². The molecule has 0 saturated carbocycles. The number of benzene rings is 2. The first-order valence-electron chi connectivity index (χ1n) is 9.54. The molecule has 0 radical (unpaired) electrons. The smallest absolute Gasteiger partial charge is 0.389 e. The fraction of sp³-hybridized carbons (Fsp3) is 0.217. The number of ketones is 1. The monoisotopic (exact) mass is 405 g/mol. The van der Waals surface area contributed by atoms with Crippen LogP contribution in [0.2, 0.25) is 0 Å². The van der Waals surface area contributed by atoms with Crippen LogP contribution in [0.5, 0.6) is 5.75 Å². The number of allylic oxidation sites excluding steroid dienone is 1. The van der Waals surface area contributed by atoms with Gasteiger partial charge in [-0.15, -0.1) is 0 Å². The fourth-order valence-corrected chi connectivity index (χ4v) is 3.04. The van der Waals surface area contributed by atoms with Crippen molar-refractivity contribution in [3.8, 4) is 5.75 Å². The predicted octanol–water partition coefficient (Wildman–Crippen LogP) is 4.87. The number of methoxy groups -OCH3 is 1. The Labute approximate surface area is 174 Å². The fourth-order valence-electron chi connectivity index (χ4n) is 3.04. The lowest BCUT2D eigenvalue weighted by Crippen LogP contribution is -2.03. The van der Waals surface area contributed by atoms with E-state index >= 15 is 0 Å². The third-order valence-electron chi connectivity index (χ3n) is 4.74. The van der Waals surface area contributed by atoms with Crippen molar-refractivity contribution in [3.05, 3.63) is 93.2 Å². The Bertz CT molecular complexity index is 1080. The van der Waals surface area contributed by atoms with Gasteiger partial charge in [-0.25, -0.2) is 0 Å². The summed E-state index contributed by atoms with van der Waals surface area (Å²) in [6.07, 6.45) is 4.83. The highest BCUT2D eigenvalue weighted by Gasteiger charge is 2.13. The lowest BCUT2D eigenvalue weighted by atomic mass is 10.00. The van der Waals surface area contributed by atoms with Crippen LogP contribution in [0.25, 0.3) is 6.08 Å². The maximum Gasteiger partial charge on any atom is 0.389 e. The van der Waals surface area contributed by atoms with Crippen molar-refractivity contribution in [2.75, 3.05) is 7.11 Å². The Morgan fingerprint density at radius 3 is 2.53 bits per heavy atom. The highest BCUT2D eigenvalue weighted by molar-refractivity contribution is 6.06. The van der Waals surface area contributed by atoms with Gasteiger partial charge in [0, 0.05) is 11.1 Å². The molecule has 7 nitrogen and oxygen atoms in total. The Morgan fingerprint density at radius 2 is 1.93 bits per heavy atom. The number of hydrogen-bond acceptors (Lipinski definition) is 5. The summed E-state index contributed by atoms with van der Waals surface area (Å²) in [5.74, 6) is 0.768. The highest BCUT2D eigenvalue weighted by Crippen LogP contribution is 2.22. The van der Waals surface area contributed by atoms with Crippen molar-refractivity contribution in [2.24, 2.45) is 0 Å². The second-order valence-electron chi connectivity index (χ2n) is 7.17. The summed E-state index contributed by atoms with van der Waals surface area (Å²) >= 11 is 0. The van der Waals surface area contributed by atoms with Crippen LogP contribution in [0.1, 0.15) is 46.8 Å². The number of hydrogen-bond donors (Lipinski definition) is 0. The predicted molar refractivity (Wildman–Crippen MR) is 115 cm³/mol. The molecule has 0 fully saturated rings. The van der Waals surface area contributed by atoms with Crippen LogP contribution < -0.4 is 4.74 Å². The molecule has 0 aliphatic rings. The van der Waals surface area contributed by atoms with Gasteiger partial charge in [0.25, 0.3) is 0 Å². The molecule has 7 heteroatoms. The molecule has 2 aromatic carbocycles. The molecular weight excluding hydrogens is 382 g/mol. The second kappa shape index (κ2) is 9.17. The van der Waals surface area contributed by atoms with E-state index in [9.17, 15) is 14.9 Å². The van der Waals surface area contributed by atoms with E-state index in [0.717, 1.165) is 11.1 Å². The molecule has 154 valence electrons. The van der Waals surface area contributed by atoms with Gasteiger partial charge in [-0.3, -0.25) is 4.79 Å². The Balaban J connectivity index is 1.77. The van der Waals surface area contributed by atoms with Gasteiger partial charge in [-0.2, -0.15) is 4.68 Å². The van der Waals surface area contributed by atoms with Gasteiger partial charge in [0.15, 0.2) is 5.78 Å². The van der Waals surface area contributed by atoms with Crippen LogP contribution in [0.4, 0.5) is 5.82 Å². The van der Waals surface area contributed by atoms with Crippen LogP contribution in [0, 0.1) is 10.1 Å². The maximum atomic E-state index is 12.5. The summed E-state index contributed by atoms with van der Waals surface area (Å²) in [7, 11) is 1.56. The number of rotatable bonds is 8. The topological polar surface area (TPSA) is 87.3 Å². The lowest BCUT2D eigenvalue weighted by Gasteiger charge is -2.08. The van der Waals surface area contributed by atoms with Crippen LogP contribution in [-0.2, 0) is 6.54 Å². The first kappa shape index (κ1) is 21.0. The molecule has 0 aliphatic heterocycles. The number of aromatic nitrogens is 2. The first-order chi connectivity index (χ1) is 14.4. The molecular formula is C23H23N3O4. The molecule has 1 heterocycles. The largest absolute Gasteiger partial charge is 0.496 e. The van der Waals surface area contributed by atoms with Gasteiger partial charge >= 0.3 is 5.82 Å². The number of carbonyl (C=O) groups is 1. The second-order valence-corrected chi connectivity index (χ2v) is 7.17. The number of nitrogens with zero attached hydrogens (tertiary/aromatic N) is 3. The minimum absolute atomic E-state index is 0.0784. The standard InChI is InChI=1S/C23H23N3O4/c1-16(2)18-6-8-19(9-7-18)21(27)10-4-17-5-11-22(30-3)20(14-17)15-25-13-12-23(24-25)26(28)29/h4-14,16H,15H2,1-3H3/b10-4+. The molecule has 0 atom stereocenters. The number of carbonyl (C=O) groups excluding carboxylic acids is 1. The molecule has 0 N–H and O–H groups in total. The summed E-state index contributed by atoms with van der Waals surface area (Å²) in [5.41, 5.74) is 3.44. The van der Waals surface area contributed by atoms with Gasteiger partial charge in [0.2, 0.25) is 0 Å². The van der Waals surface area contributed by atoms with Crippen molar-refractivity contribution in [3.63, 3.8) is 0 Å². The average Bonchev–Trinajstić information content (AvgIpc) is 3.21. The molecule has 3 aromatic rings. The lowest BCUT2D eigenvalue weighted by molar-refractivity contribution is -0.389. The van der Waals surface area contributed by atoms with Gasteiger partial charge in [-0.1, -0.05) is 50.3 Å². The molecule has 0 aliphatic carbocycles. The van der Waals surface area contributed by atoms with Crippen molar-refractivity contribution in [1.29, 1.82) is 0 Å². The number of ether oxygens (including phenoxy) is 1. The van der Waals surface area contributed by atoms with Gasteiger partial charge < -0.3 is 14.9 Å². The molecule has 0 unspecified atom stereocenters. The van der Waals surface area contributed by atoms with E-state index in [1.165, 1.54) is 22.4 Å². The Hall–Kier alpha value is -3.74. The SMILES string of the molecule is COc1ccc(/C=C/C(=O)c2ccc(C(C)C)cc2)cc1Cn1ccc([N+](=O)[O-])n1. The van der Waals surface area contributed by atoms with Crippen molar-refractivity contribution in [2.45, 2.75) is 26.3 Å². The van der Waals surface area contributed by atoms with Gasteiger partial charge in [-0.05, 0) is 40.2 Å². The average molecular weight is 405 g/mol. The summed E-state index contributed by atoms with van der Waals surface area (Å²) < 4.78 is 6.86. The van der Waals surface area contributed by atoms with E-state index in [1.807, 2.05) is 36.4 Å². The molecule has 0 amide bonds. The summed E-state index contributed by atoms with van der Waals surface area (Å²) in [5, 5.41) is 14.8. The van der Waals surface area contributed by atoms with Crippen LogP contribution in [0.3, 0.4) is 0 Å². The molecule has 0 saturated heterocycles. The van der Waals surface area contributed by atoms with E-state index in [-0.39, 0.29) is 11.6 Å². The van der Waals surface area contributed by atoms with Crippen LogP contribution in [0.15, 0.2) is 60.8 Å². The third kappa shape index (κ3) is 5.00. The van der Waals surface area contributed by atoms with Crippen molar-refractivity contribution >= 4 is 17.7 Å². The highest BCUT2D eigenvalue weighted by atomic mass is 16.6. The van der Waals surface area contributed by atoms with E-state index in [4.69, 9.17) is 4.74 Å². The molecule has 1 aromatic heterocycles. The zero-order chi connectivity index (χ0) is 21.7. The third-order valence-corrected chi connectivity index (χ3v) is 4.74. The summed E-state index contributed by atoms with van der Waals surface area (Å²) in [6, 6.07) is 14.5. The Morgan fingerprint density at radius 1 is 1.20 bits per heavy atom. The minimum atomic E-state index is -0.536. The first-order valence-corrected chi connectivity index (χ1v) is 9.54. The van der Waals surface area contributed by atoms with E-state index < -0.39 is 4.92 Å². The van der Waals surface area contributed by atoms with Crippen LogP contribution in [-0.4, -0.2) is 27.6 Å². The molecule has 30 heavy (non-hydrogen) atoms. The van der Waals surface area contributed by atoms with Crippen LogP contribution >= 0.6 is 0 Å². The van der Waals surface area contributed by atoms with E-state index in [0.29, 0.717) is 23.8 Å². The summed E-state index contributed by atoms with van der Waals surface area (Å²) in [4.78, 5) is 22.8. The normalized spacial score (nSPS) is 11.2.